The lowest BCUT2D eigenvalue weighted by molar-refractivity contribution is 0.0921. The van der Waals surface area contributed by atoms with Crippen LogP contribution in [0.3, 0.4) is 0 Å². The zero-order valence-corrected chi connectivity index (χ0v) is 21.8. The molecule has 0 radical (unpaired) electrons. The van der Waals surface area contributed by atoms with E-state index < -0.39 is 0 Å². The summed E-state index contributed by atoms with van der Waals surface area (Å²) in [5, 5.41) is 4.46. The van der Waals surface area contributed by atoms with E-state index in [0.29, 0.717) is 19.8 Å². The summed E-state index contributed by atoms with van der Waals surface area (Å²) in [7, 11) is 0. The number of hydrogen-bond donors (Lipinski definition) is 1. The maximum atomic E-state index is 13.0. The van der Waals surface area contributed by atoms with Crippen LogP contribution < -0.4 is 10.1 Å². The smallest absolute Gasteiger partial charge is 0.410 e. The molecule has 188 valence electrons. The molecular formula is C27H34ClN3O3S. The van der Waals surface area contributed by atoms with Gasteiger partial charge >= 0.3 is 6.09 Å². The molecule has 3 atom stereocenters. The van der Waals surface area contributed by atoms with E-state index in [1.54, 1.807) is 0 Å². The second kappa shape index (κ2) is 11.3. The highest BCUT2D eigenvalue weighted by molar-refractivity contribution is 7.99. The molecule has 6 nitrogen and oxygen atoms in total. The lowest BCUT2D eigenvalue weighted by Gasteiger charge is -2.37. The fraction of sp³-hybridized carbons (Fsp3) is 0.519. The predicted octanol–water partition coefficient (Wildman–Crippen LogP) is 4.94. The largest absolute Gasteiger partial charge is 0.494 e. The van der Waals surface area contributed by atoms with Crippen LogP contribution in [-0.4, -0.2) is 72.8 Å². The van der Waals surface area contributed by atoms with Gasteiger partial charge in [-0.05, 0) is 49.1 Å². The van der Waals surface area contributed by atoms with Crippen molar-refractivity contribution < 1.29 is 14.3 Å². The van der Waals surface area contributed by atoms with E-state index in [9.17, 15) is 4.79 Å². The Hall–Kier alpha value is -2.09. The zero-order valence-electron chi connectivity index (χ0n) is 20.2. The van der Waals surface area contributed by atoms with Crippen LogP contribution in [0, 0.1) is 5.92 Å². The standard InChI is InChI=1S/C27H34ClN3O3S/c1-2-33-27(32)31-11-9-22-23-18-20(28)7-8-24(23)29-25(22)26(31)19-5-3-6-21(17-19)34-14-4-10-30-12-15-35-16-13-30/h3,5-8,17-18,23-24,26,29H,2,4,9-16H2,1H3. The normalized spacial score (nSPS) is 26.1. The number of benzene rings is 1. The molecule has 0 bridgehead atoms. The van der Waals surface area contributed by atoms with Crippen LogP contribution in [0.1, 0.15) is 31.4 Å². The van der Waals surface area contributed by atoms with Gasteiger partial charge in [-0.25, -0.2) is 4.79 Å². The first kappa shape index (κ1) is 24.6. The summed E-state index contributed by atoms with van der Waals surface area (Å²) in [6.07, 6.45) is 7.72. The molecular weight excluding hydrogens is 482 g/mol. The lowest BCUT2D eigenvalue weighted by atomic mass is 9.85. The van der Waals surface area contributed by atoms with Crippen molar-refractivity contribution in [2.75, 3.05) is 50.9 Å². The van der Waals surface area contributed by atoms with E-state index in [2.05, 4.69) is 34.5 Å². The minimum Gasteiger partial charge on any atom is -0.494 e. The summed E-state index contributed by atoms with van der Waals surface area (Å²) in [4.78, 5) is 17.3. The molecule has 1 N–H and O–H groups in total. The summed E-state index contributed by atoms with van der Waals surface area (Å²) >= 11 is 8.37. The summed E-state index contributed by atoms with van der Waals surface area (Å²) in [5.74, 6) is 3.52. The number of nitrogens with one attached hydrogen (secondary N) is 1. The SMILES string of the molecule is CCOC(=O)N1CCC2=C(NC3C=CC(Cl)=CC23)C1c1cccc(OCCCN2CCSCC2)c1. The number of nitrogens with zero attached hydrogens (tertiary/aromatic N) is 2. The van der Waals surface area contributed by atoms with Gasteiger partial charge in [0, 0.05) is 54.3 Å². The summed E-state index contributed by atoms with van der Waals surface area (Å²) in [5.41, 5.74) is 3.45. The van der Waals surface area contributed by atoms with E-state index in [1.165, 1.54) is 30.2 Å². The molecule has 1 aromatic rings. The average Bonchev–Trinajstić information content (AvgIpc) is 3.25. The Kier molecular flexibility index (Phi) is 7.95. The Balaban J connectivity index is 1.34. The molecule has 3 aliphatic heterocycles. The third-order valence-electron chi connectivity index (χ3n) is 7.13. The molecule has 5 rings (SSSR count). The van der Waals surface area contributed by atoms with E-state index in [0.717, 1.165) is 41.4 Å². The first-order valence-corrected chi connectivity index (χ1v) is 14.2. The zero-order chi connectivity index (χ0) is 24.2. The number of hydrogen-bond acceptors (Lipinski definition) is 6. The first-order valence-electron chi connectivity index (χ1n) is 12.7. The van der Waals surface area contributed by atoms with Crippen molar-refractivity contribution in [2.45, 2.75) is 31.8 Å². The molecule has 1 amide bonds. The van der Waals surface area contributed by atoms with Crippen LogP contribution in [-0.2, 0) is 4.74 Å². The van der Waals surface area contributed by atoms with Gasteiger partial charge in [0.05, 0.1) is 19.3 Å². The molecule has 0 saturated carbocycles. The number of ether oxygens (including phenoxy) is 2. The second-order valence-electron chi connectivity index (χ2n) is 9.32. The van der Waals surface area contributed by atoms with Gasteiger partial charge in [-0.2, -0.15) is 11.8 Å². The van der Waals surface area contributed by atoms with Crippen LogP contribution >= 0.6 is 23.4 Å². The molecule has 3 heterocycles. The molecule has 0 aromatic heterocycles. The van der Waals surface area contributed by atoms with Gasteiger partial charge in [-0.1, -0.05) is 35.9 Å². The van der Waals surface area contributed by atoms with Crippen LogP contribution in [0.25, 0.3) is 0 Å². The maximum Gasteiger partial charge on any atom is 0.410 e. The lowest BCUT2D eigenvalue weighted by Crippen LogP contribution is -2.42. The van der Waals surface area contributed by atoms with Gasteiger partial charge in [0.25, 0.3) is 0 Å². The van der Waals surface area contributed by atoms with Crippen molar-refractivity contribution in [3.05, 3.63) is 64.4 Å². The average molecular weight is 516 g/mol. The van der Waals surface area contributed by atoms with Crippen molar-refractivity contribution >= 4 is 29.5 Å². The first-order chi connectivity index (χ1) is 17.1. The number of rotatable bonds is 7. The second-order valence-corrected chi connectivity index (χ2v) is 11.0. The highest BCUT2D eigenvalue weighted by Crippen LogP contribution is 2.45. The summed E-state index contributed by atoms with van der Waals surface area (Å²) in [6, 6.07) is 8.10. The molecule has 0 spiro atoms. The van der Waals surface area contributed by atoms with E-state index in [-0.39, 0.29) is 24.1 Å². The fourth-order valence-corrected chi connectivity index (χ4v) is 6.65. The van der Waals surface area contributed by atoms with Crippen LogP contribution in [0.2, 0.25) is 0 Å². The van der Waals surface area contributed by atoms with Gasteiger partial charge < -0.3 is 19.7 Å². The maximum absolute atomic E-state index is 13.0. The Morgan fingerprint density at radius 2 is 2.11 bits per heavy atom. The molecule has 8 heteroatoms. The van der Waals surface area contributed by atoms with Gasteiger partial charge in [-0.15, -0.1) is 0 Å². The number of carbonyl (C=O) groups is 1. The van der Waals surface area contributed by atoms with Crippen molar-refractivity contribution in [1.82, 2.24) is 15.1 Å². The summed E-state index contributed by atoms with van der Waals surface area (Å²) in [6.45, 7) is 6.92. The highest BCUT2D eigenvalue weighted by Gasteiger charge is 2.43. The summed E-state index contributed by atoms with van der Waals surface area (Å²) < 4.78 is 11.6. The van der Waals surface area contributed by atoms with E-state index in [4.69, 9.17) is 21.1 Å². The highest BCUT2D eigenvalue weighted by atomic mass is 35.5. The van der Waals surface area contributed by atoms with Gasteiger partial charge in [0.1, 0.15) is 11.8 Å². The van der Waals surface area contributed by atoms with Crippen molar-refractivity contribution in [3.63, 3.8) is 0 Å². The Morgan fingerprint density at radius 1 is 1.26 bits per heavy atom. The molecule has 35 heavy (non-hydrogen) atoms. The minimum atomic E-state index is -0.282. The van der Waals surface area contributed by atoms with E-state index in [1.807, 2.05) is 41.8 Å². The number of fused-ring (bicyclic) bond motifs is 2. The number of carbonyl (C=O) groups excluding carboxylic acids is 1. The van der Waals surface area contributed by atoms with E-state index >= 15 is 0 Å². The predicted molar refractivity (Wildman–Crippen MR) is 142 cm³/mol. The molecule has 1 aliphatic carbocycles. The molecule has 1 aromatic carbocycles. The fourth-order valence-electron chi connectivity index (χ4n) is 5.46. The number of allylic oxidation sites excluding steroid dienone is 2. The molecule has 4 aliphatic rings. The minimum absolute atomic E-state index is 0.166. The van der Waals surface area contributed by atoms with Gasteiger partial charge in [-0.3, -0.25) is 4.90 Å². The van der Waals surface area contributed by atoms with Crippen molar-refractivity contribution in [3.8, 4) is 5.75 Å². The number of thioether (sulfide) groups is 1. The van der Waals surface area contributed by atoms with Gasteiger partial charge in [0.2, 0.25) is 0 Å². The quantitative estimate of drug-likeness (QED) is 0.519. The van der Waals surface area contributed by atoms with Crippen LogP contribution in [0.5, 0.6) is 5.75 Å². The molecule has 3 unspecified atom stereocenters. The van der Waals surface area contributed by atoms with Crippen LogP contribution in [0.15, 0.2) is 58.8 Å². The monoisotopic (exact) mass is 515 g/mol. The molecule has 1 saturated heterocycles. The number of halogens is 1. The van der Waals surface area contributed by atoms with Crippen molar-refractivity contribution in [2.24, 2.45) is 5.92 Å². The third kappa shape index (κ3) is 5.52. The van der Waals surface area contributed by atoms with Gasteiger partial charge in [0.15, 0.2) is 0 Å². The third-order valence-corrected chi connectivity index (χ3v) is 8.33. The Labute approximate surface area is 217 Å². The number of amides is 1. The Morgan fingerprint density at radius 3 is 2.94 bits per heavy atom. The topological polar surface area (TPSA) is 54.0 Å². The Bertz CT molecular complexity index is 1020. The molecule has 1 fully saturated rings. The van der Waals surface area contributed by atoms with Crippen molar-refractivity contribution in [1.29, 1.82) is 0 Å². The van der Waals surface area contributed by atoms with Crippen LogP contribution in [0.4, 0.5) is 4.79 Å².